The summed E-state index contributed by atoms with van der Waals surface area (Å²) < 4.78 is 10.5. The second-order valence-electron chi connectivity index (χ2n) is 5.48. The van der Waals surface area contributed by atoms with Gasteiger partial charge >= 0.3 is 0 Å². The number of rotatable bonds is 5. The van der Waals surface area contributed by atoms with Gasteiger partial charge in [-0.15, -0.1) is 11.3 Å². The molecule has 2 amide bonds. The predicted octanol–water partition coefficient (Wildman–Crippen LogP) is 2.10. The molecule has 0 bridgehead atoms. The van der Waals surface area contributed by atoms with Gasteiger partial charge in [0.05, 0.1) is 18.3 Å². The normalized spacial score (nSPS) is 11.9. The van der Waals surface area contributed by atoms with Gasteiger partial charge < -0.3 is 14.8 Å². The first-order valence-corrected chi connectivity index (χ1v) is 8.76. The fraction of sp³-hybridized carbons (Fsp3) is 0.118. The molecule has 4 rings (SSSR count). The third-order valence-electron chi connectivity index (χ3n) is 3.57. The molecule has 3 heterocycles. The van der Waals surface area contributed by atoms with Gasteiger partial charge in [-0.25, -0.2) is 9.97 Å². The Balaban J connectivity index is 1.35. The Hall–Kier alpha value is -3.53. The molecular formula is C17H13N5O4S. The molecule has 2 N–H and O–H groups in total. The summed E-state index contributed by atoms with van der Waals surface area (Å²) in [7, 11) is 0. The van der Waals surface area contributed by atoms with E-state index >= 15 is 0 Å². The minimum atomic E-state index is -0.409. The lowest BCUT2D eigenvalue weighted by Crippen LogP contribution is -2.15. The summed E-state index contributed by atoms with van der Waals surface area (Å²) in [6.45, 7) is 0.175. The SMILES string of the molecule is O=C(Cc1csc(NC(=O)c2cnccn2)n1)Nc1ccc2c(c1)OCO2. The molecule has 0 atom stereocenters. The summed E-state index contributed by atoms with van der Waals surface area (Å²) in [6.07, 6.45) is 4.36. The number of benzene rings is 1. The summed E-state index contributed by atoms with van der Waals surface area (Å²) >= 11 is 1.23. The molecule has 9 nitrogen and oxygen atoms in total. The zero-order valence-electron chi connectivity index (χ0n) is 13.8. The number of amides is 2. The zero-order chi connectivity index (χ0) is 18.6. The van der Waals surface area contributed by atoms with Crippen molar-refractivity contribution in [3.8, 4) is 11.5 Å². The molecule has 1 aliphatic heterocycles. The highest BCUT2D eigenvalue weighted by Crippen LogP contribution is 2.34. The van der Waals surface area contributed by atoms with E-state index in [0.29, 0.717) is 28.0 Å². The van der Waals surface area contributed by atoms with Gasteiger partial charge in [0.2, 0.25) is 12.7 Å². The molecule has 0 radical (unpaired) electrons. The van der Waals surface area contributed by atoms with Crippen LogP contribution in [0.1, 0.15) is 16.2 Å². The van der Waals surface area contributed by atoms with Crippen molar-refractivity contribution in [2.75, 3.05) is 17.4 Å². The molecule has 0 saturated heterocycles. The Labute approximate surface area is 157 Å². The van der Waals surface area contributed by atoms with Crippen LogP contribution in [0.15, 0.2) is 42.2 Å². The summed E-state index contributed by atoms with van der Waals surface area (Å²) in [5.41, 5.74) is 1.35. The van der Waals surface area contributed by atoms with Crippen molar-refractivity contribution >= 4 is 34.0 Å². The van der Waals surface area contributed by atoms with Gasteiger partial charge in [0.15, 0.2) is 16.6 Å². The summed E-state index contributed by atoms with van der Waals surface area (Å²) in [5.74, 6) is 0.603. The van der Waals surface area contributed by atoms with Crippen LogP contribution in [0.3, 0.4) is 0 Å². The van der Waals surface area contributed by atoms with Gasteiger partial charge in [0.1, 0.15) is 5.69 Å². The van der Waals surface area contributed by atoms with E-state index in [-0.39, 0.29) is 24.8 Å². The third-order valence-corrected chi connectivity index (χ3v) is 4.37. The Kier molecular flexibility index (Phi) is 4.62. The van der Waals surface area contributed by atoms with Crippen LogP contribution in [0.4, 0.5) is 10.8 Å². The quantitative estimate of drug-likeness (QED) is 0.693. The van der Waals surface area contributed by atoms with E-state index in [4.69, 9.17) is 9.47 Å². The first-order chi connectivity index (χ1) is 13.2. The molecule has 1 aromatic carbocycles. The lowest BCUT2D eigenvalue weighted by Gasteiger charge is -2.05. The average molecular weight is 383 g/mol. The number of carbonyl (C=O) groups is 2. The van der Waals surface area contributed by atoms with Crippen molar-refractivity contribution in [2.45, 2.75) is 6.42 Å². The predicted molar refractivity (Wildman–Crippen MR) is 97.0 cm³/mol. The fourth-order valence-corrected chi connectivity index (χ4v) is 3.07. The molecule has 0 unspecified atom stereocenters. The minimum Gasteiger partial charge on any atom is -0.454 e. The molecule has 10 heteroatoms. The topological polar surface area (TPSA) is 115 Å². The highest BCUT2D eigenvalue weighted by molar-refractivity contribution is 7.14. The van der Waals surface area contributed by atoms with Gasteiger partial charge in [-0.05, 0) is 12.1 Å². The van der Waals surface area contributed by atoms with Crippen LogP contribution in [0.2, 0.25) is 0 Å². The van der Waals surface area contributed by atoms with E-state index in [1.54, 1.807) is 23.6 Å². The number of nitrogens with one attached hydrogen (secondary N) is 2. The second-order valence-corrected chi connectivity index (χ2v) is 6.34. The molecule has 136 valence electrons. The van der Waals surface area contributed by atoms with Crippen LogP contribution < -0.4 is 20.1 Å². The van der Waals surface area contributed by atoms with Crippen LogP contribution in [0.5, 0.6) is 11.5 Å². The highest BCUT2D eigenvalue weighted by atomic mass is 32.1. The maximum atomic E-state index is 12.2. The van der Waals surface area contributed by atoms with Crippen LogP contribution in [-0.2, 0) is 11.2 Å². The van der Waals surface area contributed by atoms with Crippen molar-refractivity contribution in [3.05, 3.63) is 53.6 Å². The van der Waals surface area contributed by atoms with Crippen LogP contribution in [0, 0.1) is 0 Å². The zero-order valence-corrected chi connectivity index (χ0v) is 14.7. The fourth-order valence-electron chi connectivity index (χ4n) is 2.37. The molecule has 2 aromatic heterocycles. The summed E-state index contributed by atoms with van der Waals surface area (Å²) in [6, 6.07) is 5.17. The maximum Gasteiger partial charge on any atom is 0.277 e. The van der Waals surface area contributed by atoms with Crippen LogP contribution >= 0.6 is 11.3 Å². The van der Waals surface area contributed by atoms with E-state index in [1.807, 2.05) is 0 Å². The van der Waals surface area contributed by atoms with Crippen molar-refractivity contribution in [1.82, 2.24) is 15.0 Å². The Bertz CT molecular complexity index is 992. The minimum absolute atomic E-state index is 0.0754. The van der Waals surface area contributed by atoms with Crippen molar-refractivity contribution in [3.63, 3.8) is 0 Å². The molecule has 1 aliphatic rings. The Morgan fingerprint density at radius 2 is 2.04 bits per heavy atom. The van der Waals surface area contributed by atoms with Crippen LogP contribution in [-0.4, -0.2) is 33.6 Å². The van der Waals surface area contributed by atoms with E-state index in [9.17, 15) is 9.59 Å². The van der Waals surface area contributed by atoms with Crippen molar-refractivity contribution in [1.29, 1.82) is 0 Å². The molecular weight excluding hydrogens is 370 g/mol. The van der Waals surface area contributed by atoms with Crippen LogP contribution in [0.25, 0.3) is 0 Å². The Morgan fingerprint density at radius 3 is 2.89 bits per heavy atom. The standard InChI is InChI=1S/C17H13N5O4S/c23-15(20-10-1-2-13-14(5-10)26-9-25-13)6-11-8-27-17(21-11)22-16(24)12-7-18-3-4-19-12/h1-5,7-8H,6,9H2,(H,20,23)(H,21,22,24). The molecule has 0 aliphatic carbocycles. The van der Waals surface area contributed by atoms with Gasteiger partial charge in [-0.3, -0.25) is 19.9 Å². The number of aromatic nitrogens is 3. The number of hydrogen-bond acceptors (Lipinski definition) is 8. The molecule has 0 saturated carbocycles. The van der Waals surface area contributed by atoms with E-state index < -0.39 is 5.91 Å². The number of ether oxygens (including phenoxy) is 2. The van der Waals surface area contributed by atoms with E-state index in [1.165, 1.54) is 29.9 Å². The number of hydrogen-bond donors (Lipinski definition) is 2. The van der Waals surface area contributed by atoms with Crippen molar-refractivity contribution < 1.29 is 19.1 Å². The van der Waals surface area contributed by atoms with Gasteiger partial charge in [0, 0.05) is 29.5 Å². The largest absolute Gasteiger partial charge is 0.454 e. The molecule has 0 fully saturated rings. The number of carbonyl (C=O) groups excluding carboxylic acids is 2. The Morgan fingerprint density at radius 1 is 1.15 bits per heavy atom. The second kappa shape index (κ2) is 7.38. The van der Waals surface area contributed by atoms with Crippen molar-refractivity contribution in [2.24, 2.45) is 0 Å². The van der Waals surface area contributed by atoms with E-state index in [0.717, 1.165) is 0 Å². The van der Waals surface area contributed by atoms with E-state index in [2.05, 4.69) is 25.6 Å². The molecule has 3 aromatic rings. The van der Waals surface area contributed by atoms with Gasteiger partial charge in [-0.1, -0.05) is 0 Å². The maximum absolute atomic E-state index is 12.2. The monoisotopic (exact) mass is 383 g/mol. The lowest BCUT2D eigenvalue weighted by molar-refractivity contribution is -0.115. The highest BCUT2D eigenvalue weighted by Gasteiger charge is 2.15. The molecule has 0 spiro atoms. The number of anilines is 2. The number of fused-ring (bicyclic) bond motifs is 1. The number of nitrogens with zero attached hydrogens (tertiary/aromatic N) is 3. The number of thiazole rings is 1. The third kappa shape index (κ3) is 4.01. The van der Waals surface area contributed by atoms with Gasteiger partial charge in [0.25, 0.3) is 5.91 Å². The smallest absolute Gasteiger partial charge is 0.277 e. The first kappa shape index (κ1) is 16.9. The van der Waals surface area contributed by atoms with Gasteiger partial charge in [-0.2, -0.15) is 0 Å². The first-order valence-electron chi connectivity index (χ1n) is 7.88. The molecule has 27 heavy (non-hydrogen) atoms. The average Bonchev–Trinajstić information content (AvgIpc) is 3.31. The lowest BCUT2D eigenvalue weighted by atomic mass is 10.2. The summed E-state index contributed by atoms with van der Waals surface area (Å²) in [4.78, 5) is 36.3. The summed E-state index contributed by atoms with van der Waals surface area (Å²) in [5, 5.41) is 7.51.